The number of cyclic esters (lactones) is 1. The van der Waals surface area contributed by atoms with Crippen LogP contribution in [0, 0.1) is 28.6 Å². The number of carbonyl (C=O) groups excluding carboxylic acids is 1. The van der Waals surface area contributed by atoms with Crippen molar-refractivity contribution in [2.24, 2.45) is 28.6 Å². The third kappa shape index (κ3) is 6.23. The monoisotopic (exact) mass is 468 g/mol. The van der Waals surface area contributed by atoms with Crippen LogP contribution in [-0.4, -0.2) is 32.2 Å². The average Bonchev–Trinajstić information content (AvgIpc) is 3.11. The second-order valence-corrected chi connectivity index (χ2v) is 12.1. The molecule has 32 heavy (non-hydrogen) atoms. The topological polar surface area (TPSA) is 89.9 Å². The van der Waals surface area contributed by atoms with E-state index in [2.05, 4.69) is 33.8 Å². The second kappa shape index (κ2) is 9.98. The summed E-state index contributed by atoms with van der Waals surface area (Å²) in [5.41, 5.74) is 3.02. The van der Waals surface area contributed by atoms with Gasteiger partial charge in [0, 0.05) is 6.08 Å². The highest BCUT2D eigenvalue weighted by molar-refractivity contribution is 7.80. The van der Waals surface area contributed by atoms with Gasteiger partial charge < -0.3 is 4.74 Å². The van der Waals surface area contributed by atoms with Gasteiger partial charge in [0.25, 0.3) is 0 Å². The first-order valence-electron chi connectivity index (χ1n) is 12.1. The number of allylic oxidation sites excluding steroid dienone is 2. The van der Waals surface area contributed by atoms with Crippen molar-refractivity contribution in [3.63, 3.8) is 0 Å². The number of ether oxygens (including phenoxy) is 1. The molecule has 0 aromatic carbocycles. The Balaban J connectivity index is 1.66. The number of esters is 1. The molecular formula is C25H40O6S. The summed E-state index contributed by atoms with van der Waals surface area (Å²) in [6, 6.07) is 0. The molecule has 1 fully saturated rings. The first-order valence-corrected chi connectivity index (χ1v) is 13.5. The number of carbonyl (C=O) groups is 1. The fourth-order valence-electron chi connectivity index (χ4n) is 6.10. The van der Waals surface area contributed by atoms with Gasteiger partial charge in [-0.3, -0.25) is 4.55 Å². The lowest BCUT2D eigenvalue weighted by Gasteiger charge is -2.53. The Bertz CT molecular complexity index is 856. The Hall–Kier alpha value is -1.18. The normalized spacial score (nSPS) is 30.8. The lowest BCUT2D eigenvalue weighted by atomic mass is 9.52. The molecule has 182 valence electrons. The first kappa shape index (κ1) is 25.4. The van der Waals surface area contributed by atoms with E-state index < -0.39 is 10.4 Å². The van der Waals surface area contributed by atoms with E-state index in [0.717, 1.165) is 44.1 Å². The Labute approximate surface area is 193 Å². The van der Waals surface area contributed by atoms with Crippen LogP contribution in [0.3, 0.4) is 0 Å². The van der Waals surface area contributed by atoms with E-state index in [-0.39, 0.29) is 23.9 Å². The van der Waals surface area contributed by atoms with Gasteiger partial charge in [-0.05, 0) is 91.9 Å². The summed E-state index contributed by atoms with van der Waals surface area (Å²) in [4.78, 5) is 11.2. The van der Waals surface area contributed by atoms with Crippen molar-refractivity contribution in [3.8, 4) is 0 Å². The Morgan fingerprint density at radius 1 is 1.25 bits per heavy atom. The van der Waals surface area contributed by atoms with Gasteiger partial charge in [0.1, 0.15) is 6.61 Å². The highest BCUT2D eigenvalue weighted by atomic mass is 32.3. The Morgan fingerprint density at radius 2 is 2.00 bits per heavy atom. The molecule has 0 bridgehead atoms. The maximum absolute atomic E-state index is 11.2. The molecule has 1 saturated carbocycles. The molecule has 0 aromatic heterocycles. The van der Waals surface area contributed by atoms with E-state index in [9.17, 15) is 13.2 Å². The molecule has 7 heteroatoms. The summed E-state index contributed by atoms with van der Waals surface area (Å²) in [6.07, 6.45) is 13.0. The van der Waals surface area contributed by atoms with Gasteiger partial charge in [-0.15, -0.1) is 0 Å². The molecule has 3 aliphatic rings. The van der Waals surface area contributed by atoms with Gasteiger partial charge in [-0.25, -0.2) is 8.98 Å². The summed E-state index contributed by atoms with van der Waals surface area (Å²) < 4.78 is 41.2. The van der Waals surface area contributed by atoms with Gasteiger partial charge in [-0.2, -0.15) is 8.42 Å². The number of rotatable bonds is 10. The van der Waals surface area contributed by atoms with Crippen molar-refractivity contribution in [1.82, 2.24) is 0 Å². The van der Waals surface area contributed by atoms with Crippen LogP contribution < -0.4 is 0 Å². The molecule has 0 spiro atoms. The lowest BCUT2D eigenvalue weighted by Crippen LogP contribution is -2.43. The summed E-state index contributed by atoms with van der Waals surface area (Å²) >= 11 is 0. The molecule has 0 amide bonds. The number of hydrogen-bond acceptors (Lipinski definition) is 5. The zero-order valence-corrected chi connectivity index (χ0v) is 20.9. The molecule has 1 heterocycles. The Morgan fingerprint density at radius 3 is 2.66 bits per heavy atom. The highest BCUT2D eigenvalue weighted by Crippen LogP contribution is 2.58. The average molecular weight is 469 g/mol. The fourth-order valence-corrected chi connectivity index (χ4v) is 6.46. The van der Waals surface area contributed by atoms with Gasteiger partial charge in [-0.1, -0.05) is 39.3 Å². The second-order valence-electron chi connectivity index (χ2n) is 11.1. The van der Waals surface area contributed by atoms with Crippen LogP contribution in [0.4, 0.5) is 0 Å². The van der Waals surface area contributed by atoms with Crippen LogP contribution in [-0.2, 0) is 24.1 Å². The standard InChI is InChI=1S/C25H40O6S/c1-18-10-11-21-22(9-6-13-24(21,2)3)25(18,4)14-12-19(17-31-32(27,28)29)7-5-8-20-15-23(26)30-16-20/h9,15,18-19,21H,5-8,10-14,16-17H2,1-4H3,(H,27,28,29)/t18-,19?,21?,25?/m0/s1. The predicted molar refractivity (Wildman–Crippen MR) is 124 cm³/mol. The Kier molecular flexibility index (Phi) is 7.93. The van der Waals surface area contributed by atoms with Crippen LogP contribution in [0.5, 0.6) is 0 Å². The van der Waals surface area contributed by atoms with E-state index in [1.807, 2.05) is 0 Å². The zero-order chi connectivity index (χ0) is 23.6. The quantitative estimate of drug-likeness (QED) is 0.253. The van der Waals surface area contributed by atoms with Crippen molar-refractivity contribution in [2.45, 2.75) is 85.5 Å². The van der Waals surface area contributed by atoms with E-state index in [1.165, 1.54) is 19.3 Å². The fraction of sp³-hybridized carbons (Fsp3) is 0.800. The molecule has 0 radical (unpaired) electrons. The van der Waals surface area contributed by atoms with Crippen LogP contribution in [0.2, 0.25) is 0 Å². The first-order chi connectivity index (χ1) is 14.9. The van der Waals surface area contributed by atoms with Gasteiger partial charge in [0.15, 0.2) is 0 Å². The van der Waals surface area contributed by atoms with Crippen molar-refractivity contribution in [1.29, 1.82) is 0 Å². The third-order valence-corrected chi connectivity index (χ3v) is 8.90. The van der Waals surface area contributed by atoms with Crippen LogP contribution in [0.1, 0.15) is 85.5 Å². The van der Waals surface area contributed by atoms with Crippen molar-refractivity contribution >= 4 is 16.4 Å². The van der Waals surface area contributed by atoms with Gasteiger partial charge >= 0.3 is 16.4 Å². The minimum absolute atomic E-state index is 0.00819. The summed E-state index contributed by atoms with van der Waals surface area (Å²) in [5.74, 6) is 0.937. The molecule has 6 nitrogen and oxygen atoms in total. The van der Waals surface area contributed by atoms with E-state index in [4.69, 9.17) is 13.5 Å². The largest absolute Gasteiger partial charge is 0.458 e. The van der Waals surface area contributed by atoms with E-state index >= 15 is 0 Å². The van der Waals surface area contributed by atoms with Gasteiger partial charge in [0.2, 0.25) is 0 Å². The number of fused-ring (bicyclic) bond motifs is 1. The summed E-state index contributed by atoms with van der Waals surface area (Å²) in [5, 5.41) is 0. The predicted octanol–water partition coefficient (Wildman–Crippen LogP) is 5.65. The zero-order valence-electron chi connectivity index (χ0n) is 20.1. The highest BCUT2D eigenvalue weighted by Gasteiger charge is 2.47. The van der Waals surface area contributed by atoms with Crippen LogP contribution >= 0.6 is 0 Å². The lowest BCUT2D eigenvalue weighted by molar-refractivity contribution is -0.134. The molecule has 0 aromatic rings. The molecule has 4 atom stereocenters. The number of hydrogen-bond donors (Lipinski definition) is 1. The molecule has 0 saturated heterocycles. The minimum Gasteiger partial charge on any atom is -0.458 e. The maximum atomic E-state index is 11.2. The summed E-state index contributed by atoms with van der Waals surface area (Å²) in [7, 11) is -4.46. The molecule has 2 aliphatic carbocycles. The van der Waals surface area contributed by atoms with Crippen molar-refractivity contribution < 1.29 is 26.7 Å². The molecule has 3 rings (SSSR count). The SMILES string of the molecule is C[C@H]1CCC2C(=CCCC2(C)C)C1(C)CCC(CCCC1=CC(=O)OC1)COS(=O)(=O)O. The molecule has 3 unspecified atom stereocenters. The van der Waals surface area contributed by atoms with Crippen LogP contribution in [0.15, 0.2) is 23.3 Å². The minimum atomic E-state index is -4.46. The van der Waals surface area contributed by atoms with Crippen LogP contribution in [0.25, 0.3) is 0 Å². The van der Waals surface area contributed by atoms with Crippen molar-refractivity contribution in [3.05, 3.63) is 23.3 Å². The van der Waals surface area contributed by atoms with E-state index in [0.29, 0.717) is 23.9 Å². The van der Waals surface area contributed by atoms with E-state index in [1.54, 1.807) is 11.6 Å². The molecule has 1 aliphatic heterocycles. The third-order valence-electron chi connectivity index (χ3n) is 8.46. The van der Waals surface area contributed by atoms with Gasteiger partial charge in [0.05, 0.1) is 6.61 Å². The smallest absolute Gasteiger partial charge is 0.397 e. The maximum Gasteiger partial charge on any atom is 0.397 e. The molecule has 1 N–H and O–H groups in total. The molecular weight excluding hydrogens is 428 g/mol. The van der Waals surface area contributed by atoms with Crippen molar-refractivity contribution in [2.75, 3.05) is 13.2 Å². The summed E-state index contributed by atoms with van der Waals surface area (Å²) in [6.45, 7) is 9.89.